The van der Waals surface area contributed by atoms with Gasteiger partial charge in [-0.2, -0.15) is 0 Å². The highest BCUT2D eigenvalue weighted by atomic mass is 32.1. The van der Waals surface area contributed by atoms with Crippen LogP contribution in [0.3, 0.4) is 0 Å². The summed E-state index contributed by atoms with van der Waals surface area (Å²) < 4.78 is 4.64. The van der Waals surface area contributed by atoms with Crippen molar-refractivity contribution in [2.24, 2.45) is 0 Å². The Morgan fingerprint density at radius 2 is 2.11 bits per heavy atom. The lowest BCUT2D eigenvalue weighted by Gasteiger charge is -2.22. The number of carbonyl (C=O) groups is 1. The fourth-order valence-electron chi connectivity index (χ4n) is 2.46. The van der Waals surface area contributed by atoms with Gasteiger partial charge in [-0.25, -0.2) is 0 Å². The van der Waals surface area contributed by atoms with Gasteiger partial charge in [0.2, 0.25) is 0 Å². The number of hydrogen-bond donors (Lipinski definition) is 2. The third-order valence-electron chi connectivity index (χ3n) is 3.55. The van der Waals surface area contributed by atoms with Gasteiger partial charge in [-0.3, -0.25) is 4.79 Å². The quantitative estimate of drug-likeness (QED) is 0.782. The van der Waals surface area contributed by atoms with E-state index in [1.54, 1.807) is 11.3 Å². The molecule has 4 nitrogen and oxygen atoms in total. The van der Waals surface area contributed by atoms with Crippen LogP contribution in [0, 0.1) is 0 Å². The summed E-state index contributed by atoms with van der Waals surface area (Å²) in [5.74, 6) is -0.207. The lowest BCUT2D eigenvalue weighted by Crippen LogP contribution is -2.37. The molecule has 0 aromatic carbocycles. The van der Waals surface area contributed by atoms with Crippen LogP contribution in [0.5, 0.6) is 0 Å². The molecule has 0 aliphatic heterocycles. The van der Waals surface area contributed by atoms with Crippen LogP contribution in [0.4, 0.5) is 0 Å². The molecule has 1 aromatic heterocycles. The minimum Gasteiger partial charge on any atom is -0.469 e. The van der Waals surface area contributed by atoms with E-state index in [2.05, 4.69) is 10.1 Å². The van der Waals surface area contributed by atoms with E-state index in [1.165, 1.54) is 12.0 Å². The molecule has 106 valence electrons. The van der Waals surface area contributed by atoms with Crippen molar-refractivity contribution in [3.63, 3.8) is 0 Å². The Kier molecular flexibility index (Phi) is 4.96. The summed E-state index contributed by atoms with van der Waals surface area (Å²) >= 11 is 1.61. The Balaban J connectivity index is 1.75. The third-order valence-corrected chi connectivity index (χ3v) is 4.64. The number of ether oxygens (including phenoxy) is 1. The predicted molar refractivity (Wildman–Crippen MR) is 75.2 cm³/mol. The molecule has 1 aliphatic carbocycles. The molecule has 0 unspecified atom stereocenters. The van der Waals surface area contributed by atoms with Crippen molar-refractivity contribution in [2.45, 2.75) is 44.2 Å². The second-order valence-corrected chi connectivity index (χ2v) is 6.41. The molecule has 1 saturated carbocycles. The maximum Gasteiger partial charge on any atom is 0.310 e. The van der Waals surface area contributed by atoms with Crippen molar-refractivity contribution >= 4 is 17.3 Å². The lowest BCUT2D eigenvalue weighted by atomic mass is 10.0. The van der Waals surface area contributed by atoms with E-state index < -0.39 is 5.60 Å². The Morgan fingerprint density at radius 3 is 2.79 bits per heavy atom. The number of rotatable bonds is 6. The van der Waals surface area contributed by atoms with E-state index in [0.717, 1.165) is 37.1 Å². The van der Waals surface area contributed by atoms with E-state index in [1.807, 2.05) is 12.1 Å². The molecular formula is C14H21NO3S. The molecule has 2 N–H and O–H groups in total. The van der Waals surface area contributed by atoms with E-state index >= 15 is 0 Å². The van der Waals surface area contributed by atoms with Crippen LogP contribution in [0.25, 0.3) is 0 Å². The van der Waals surface area contributed by atoms with Crippen LogP contribution >= 0.6 is 11.3 Å². The molecular weight excluding hydrogens is 262 g/mol. The van der Waals surface area contributed by atoms with Gasteiger partial charge in [0.05, 0.1) is 19.1 Å². The first-order chi connectivity index (χ1) is 9.11. The van der Waals surface area contributed by atoms with Gasteiger partial charge in [0.1, 0.15) is 0 Å². The third kappa shape index (κ3) is 4.30. The second kappa shape index (κ2) is 6.50. The van der Waals surface area contributed by atoms with Gasteiger partial charge in [-0.1, -0.05) is 12.8 Å². The zero-order valence-corrected chi connectivity index (χ0v) is 12.1. The highest BCUT2D eigenvalue weighted by Crippen LogP contribution is 2.28. The summed E-state index contributed by atoms with van der Waals surface area (Å²) in [6.45, 7) is 1.39. The number of carbonyl (C=O) groups excluding carboxylic acids is 1. The molecule has 2 rings (SSSR count). The van der Waals surface area contributed by atoms with Crippen LogP contribution in [0.1, 0.15) is 35.4 Å². The molecule has 0 bridgehead atoms. The molecule has 0 amide bonds. The average molecular weight is 283 g/mol. The number of thiophene rings is 1. The Labute approximate surface area is 117 Å². The average Bonchev–Trinajstić information content (AvgIpc) is 2.99. The minimum absolute atomic E-state index is 0.207. The Morgan fingerprint density at radius 1 is 1.42 bits per heavy atom. The summed E-state index contributed by atoms with van der Waals surface area (Å²) in [6, 6.07) is 3.98. The van der Waals surface area contributed by atoms with Gasteiger partial charge < -0.3 is 15.2 Å². The SMILES string of the molecule is COC(=O)Cc1ccc(CNCC2(O)CCCC2)s1. The number of esters is 1. The summed E-state index contributed by atoms with van der Waals surface area (Å²) in [5, 5.41) is 13.5. The first-order valence-electron chi connectivity index (χ1n) is 6.69. The molecule has 1 aromatic rings. The second-order valence-electron chi connectivity index (χ2n) is 5.16. The molecule has 5 heteroatoms. The normalized spacial score (nSPS) is 17.6. The summed E-state index contributed by atoms with van der Waals surface area (Å²) in [5.41, 5.74) is -0.508. The molecule has 0 saturated heterocycles. The summed E-state index contributed by atoms with van der Waals surface area (Å²) in [7, 11) is 1.40. The van der Waals surface area contributed by atoms with Crippen molar-refractivity contribution in [1.29, 1.82) is 0 Å². The molecule has 0 radical (unpaired) electrons. The number of nitrogens with one attached hydrogen (secondary N) is 1. The molecule has 1 fully saturated rings. The Bertz CT molecular complexity index is 424. The maximum atomic E-state index is 11.2. The summed E-state index contributed by atoms with van der Waals surface area (Å²) in [6.07, 6.45) is 4.39. The van der Waals surface area contributed by atoms with Crippen LogP contribution < -0.4 is 5.32 Å². The van der Waals surface area contributed by atoms with Gasteiger partial charge in [0.25, 0.3) is 0 Å². The standard InChI is InChI=1S/C14H21NO3S/c1-18-13(16)8-11-4-5-12(19-11)9-15-10-14(17)6-2-3-7-14/h4-5,15,17H,2-3,6-10H2,1H3. The fourth-order valence-corrected chi connectivity index (χ4v) is 3.43. The first-order valence-corrected chi connectivity index (χ1v) is 7.50. The molecule has 0 atom stereocenters. The topological polar surface area (TPSA) is 58.6 Å². The van der Waals surface area contributed by atoms with Crippen molar-refractivity contribution in [3.8, 4) is 0 Å². The number of methoxy groups -OCH3 is 1. The van der Waals surface area contributed by atoms with Crippen LogP contribution in [0.2, 0.25) is 0 Å². The van der Waals surface area contributed by atoms with Gasteiger partial charge in [0.15, 0.2) is 0 Å². The minimum atomic E-state index is -0.508. The molecule has 1 aliphatic rings. The van der Waals surface area contributed by atoms with Gasteiger partial charge >= 0.3 is 5.97 Å². The predicted octanol–water partition coefficient (Wildman–Crippen LogP) is 1.86. The van der Waals surface area contributed by atoms with E-state index in [9.17, 15) is 9.90 Å². The maximum absolute atomic E-state index is 11.2. The highest BCUT2D eigenvalue weighted by molar-refractivity contribution is 7.12. The smallest absolute Gasteiger partial charge is 0.310 e. The largest absolute Gasteiger partial charge is 0.469 e. The van der Waals surface area contributed by atoms with E-state index in [0.29, 0.717) is 13.0 Å². The van der Waals surface area contributed by atoms with Gasteiger partial charge in [-0.05, 0) is 25.0 Å². The first kappa shape index (κ1) is 14.5. The van der Waals surface area contributed by atoms with Crippen molar-refractivity contribution < 1.29 is 14.6 Å². The van der Waals surface area contributed by atoms with Crippen LogP contribution in [0.15, 0.2) is 12.1 Å². The fraction of sp³-hybridized carbons (Fsp3) is 0.643. The monoisotopic (exact) mass is 283 g/mol. The van der Waals surface area contributed by atoms with Crippen LogP contribution in [-0.4, -0.2) is 30.3 Å². The van der Waals surface area contributed by atoms with Gasteiger partial charge in [-0.15, -0.1) is 11.3 Å². The molecule has 0 spiro atoms. The molecule has 19 heavy (non-hydrogen) atoms. The van der Waals surface area contributed by atoms with Crippen molar-refractivity contribution in [2.75, 3.05) is 13.7 Å². The van der Waals surface area contributed by atoms with Crippen LogP contribution in [-0.2, 0) is 22.5 Å². The zero-order valence-electron chi connectivity index (χ0n) is 11.3. The summed E-state index contributed by atoms with van der Waals surface area (Å²) in [4.78, 5) is 13.4. The number of hydrogen-bond acceptors (Lipinski definition) is 5. The number of aliphatic hydroxyl groups is 1. The zero-order chi connectivity index (χ0) is 13.7. The van der Waals surface area contributed by atoms with E-state index in [4.69, 9.17) is 0 Å². The Hall–Kier alpha value is -0.910. The van der Waals surface area contributed by atoms with Crippen molar-refractivity contribution in [3.05, 3.63) is 21.9 Å². The van der Waals surface area contributed by atoms with E-state index in [-0.39, 0.29) is 5.97 Å². The van der Waals surface area contributed by atoms with Gasteiger partial charge in [0, 0.05) is 22.8 Å². The molecule has 1 heterocycles. The van der Waals surface area contributed by atoms with Crippen molar-refractivity contribution in [1.82, 2.24) is 5.32 Å². The lowest BCUT2D eigenvalue weighted by molar-refractivity contribution is -0.139. The highest BCUT2D eigenvalue weighted by Gasteiger charge is 2.30.